The van der Waals surface area contributed by atoms with E-state index in [1.807, 2.05) is 13.8 Å². The fourth-order valence-corrected chi connectivity index (χ4v) is 1.64. The first-order chi connectivity index (χ1) is 6.08. The molecule has 0 atom stereocenters. The lowest BCUT2D eigenvalue weighted by atomic mass is 9.93. The molecule has 13 heavy (non-hydrogen) atoms. The van der Waals surface area contributed by atoms with Gasteiger partial charge in [0.1, 0.15) is 5.82 Å². The summed E-state index contributed by atoms with van der Waals surface area (Å²) in [7, 11) is 0. The second kappa shape index (κ2) is 2.67. The standard InChI is InChI=1S/C9H13N4/c1-7-3-11-6-12-8(7)13-4-9(2,10)5-13/h3H,4-5,10H2,1-2H3. The number of aromatic nitrogens is 2. The Balaban J connectivity index is 2.16. The van der Waals surface area contributed by atoms with Gasteiger partial charge in [0.05, 0.1) is 0 Å². The van der Waals surface area contributed by atoms with E-state index < -0.39 is 0 Å². The molecule has 0 aliphatic carbocycles. The highest BCUT2D eigenvalue weighted by Gasteiger charge is 2.36. The molecule has 1 radical (unpaired) electrons. The van der Waals surface area contributed by atoms with E-state index in [0.717, 1.165) is 24.5 Å². The highest BCUT2D eigenvalue weighted by molar-refractivity contribution is 5.48. The smallest absolute Gasteiger partial charge is 0.199 e. The van der Waals surface area contributed by atoms with Gasteiger partial charge < -0.3 is 10.6 Å². The number of nitrogens with zero attached hydrogens (tertiary/aromatic N) is 3. The van der Waals surface area contributed by atoms with Gasteiger partial charge in [0.25, 0.3) is 0 Å². The molecule has 2 rings (SSSR count). The third-order valence-electron chi connectivity index (χ3n) is 2.23. The average molecular weight is 177 g/mol. The van der Waals surface area contributed by atoms with Crippen LogP contribution in [0.1, 0.15) is 12.5 Å². The van der Waals surface area contributed by atoms with Gasteiger partial charge in [-0.05, 0) is 13.8 Å². The molecule has 2 heterocycles. The minimum Gasteiger partial charge on any atom is -0.352 e. The van der Waals surface area contributed by atoms with E-state index in [2.05, 4.69) is 21.2 Å². The van der Waals surface area contributed by atoms with Crippen molar-refractivity contribution in [1.82, 2.24) is 9.97 Å². The Labute approximate surface area is 77.8 Å². The van der Waals surface area contributed by atoms with E-state index in [1.165, 1.54) is 0 Å². The van der Waals surface area contributed by atoms with E-state index in [-0.39, 0.29) is 5.54 Å². The first kappa shape index (κ1) is 8.44. The SMILES string of the molecule is Cc1cn[c]nc1N1CC(C)(N)C1. The molecule has 0 aromatic carbocycles. The molecule has 0 bridgehead atoms. The molecule has 1 aromatic heterocycles. The van der Waals surface area contributed by atoms with E-state index in [1.54, 1.807) is 6.20 Å². The number of hydrogen-bond donors (Lipinski definition) is 1. The largest absolute Gasteiger partial charge is 0.352 e. The van der Waals surface area contributed by atoms with Gasteiger partial charge >= 0.3 is 0 Å². The Hall–Kier alpha value is -1.16. The molecule has 0 spiro atoms. The topological polar surface area (TPSA) is 55.0 Å². The van der Waals surface area contributed by atoms with Crippen LogP contribution in [0.5, 0.6) is 0 Å². The Bertz CT molecular complexity index is 313. The van der Waals surface area contributed by atoms with Gasteiger partial charge in [-0.3, -0.25) is 0 Å². The summed E-state index contributed by atoms with van der Waals surface area (Å²) in [6, 6.07) is 0. The highest BCUT2D eigenvalue weighted by atomic mass is 15.3. The summed E-state index contributed by atoms with van der Waals surface area (Å²) in [4.78, 5) is 10.1. The van der Waals surface area contributed by atoms with E-state index >= 15 is 0 Å². The maximum Gasteiger partial charge on any atom is 0.199 e. The van der Waals surface area contributed by atoms with Crippen LogP contribution in [0.2, 0.25) is 0 Å². The van der Waals surface area contributed by atoms with Crippen molar-refractivity contribution in [1.29, 1.82) is 0 Å². The molecule has 1 saturated heterocycles. The van der Waals surface area contributed by atoms with Crippen molar-refractivity contribution in [3.63, 3.8) is 0 Å². The lowest BCUT2D eigenvalue weighted by molar-refractivity contribution is 0.362. The molecule has 1 aliphatic heterocycles. The van der Waals surface area contributed by atoms with Gasteiger partial charge in [-0.15, -0.1) is 0 Å². The van der Waals surface area contributed by atoms with E-state index in [0.29, 0.717) is 0 Å². The maximum absolute atomic E-state index is 5.90. The lowest BCUT2D eigenvalue weighted by Crippen LogP contribution is -2.66. The minimum atomic E-state index is -0.0581. The van der Waals surface area contributed by atoms with Crippen LogP contribution in [0, 0.1) is 13.3 Å². The molecule has 0 unspecified atom stereocenters. The van der Waals surface area contributed by atoms with Crippen molar-refractivity contribution in [3.8, 4) is 0 Å². The van der Waals surface area contributed by atoms with E-state index in [4.69, 9.17) is 5.73 Å². The second-order valence-corrected chi connectivity index (χ2v) is 3.99. The third-order valence-corrected chi connectivity index (χ3v) is 2.23. The van der Waals surface area contributed by atoms with Crippen LogP contribution in [-0.4, -0.2) is 28.6 Å². The first-order valence-corrected chi connectivity index (χ1v) is 4.32. The quantitative estimate of drug-likeness (QED) is 0.662. The van der Waals surface area contributed by atoms with Gasteiger partial charge in [-0.1, -0.05) is 0 Å². The number of aryl methyl sites for hydroxylation is 1. The van der Waals surface area contributed by atoms with Crippen LogP contribution >= 0.6 is 0 Å². The van der Waals surface area contributed by atoms with Crippen LogP contribution in [0.15, 0.2) is 6.20 Å². The molecule has 1 aliphatic rings. The van der Waals surface area contributed by atoms with Gasteiger partial charge in [0.2, 0.25) is 0 Å². The molecular formula is C9H13N4. The Kier molecular flexibility index (Phi) is 1.73. The average Bonchev–Trinajstić information content (AvgIpc) is 2.01. The van der Waals surface area contributed by atoms with Crippen LogP contribution in [0.4, 0.5) is 5.82 Å². The number of nitrogens with two attached hydrogens (primary N) is 1. The number of hydrogen-bond acceptors (Lipinski definition) is 4. The summed E-state index contributed by atoms with van der Waals surface area (Å²) in [6.07, 6.45) is 4.37. The zero-order valence-corrected chi connectivity index (χ0v) is 7.91. The van der Waals surface area contributed by atoms with Crippen molar-refractivity contribution in [2.75, 3.05) is 18.0 Å². The van der Waals surface area contributed by atoms with Gasteiger partial charge in [0.15, 0.2) is 6.33 Å². The fraction of sp³-hybridized carbons (Fsp3) is 0.556. The second-order valence-electron chi connectivity index (χ2n) is 3.99. The van der Waals surface area contributed by atoms with Gasteiger partial charge in [-0.25, -0.2) is 9.97 Å². The molecule has 1 fully saturated rings. The summed E-state index contributed by atoms with van der Waals surface area (Å²) < 4.78 is 0. The predicted octanol–water partition coefficient (Wildman–Crippen LogP) is 0.123. The molecule has 2 N–H and O–H groups in total. The zero-order valence-electron chi connectivity index (χ0n) is 7.91. The van der Waals surface area contributed by atoms with Crippen molar-refractivity contribution >= 4 is 5.82 Å². The van der Waals surface area contributed by atoms with E-state index in [9.17, 15) is 0 Å². The molecular weight excluding hydrogens is 164 g/mol. The first-order valence-electron chi connectivity index (χ1n) is 4.32. The van der Waals surface area contributed by atoms with Crippen molar-refractivity contribution in [2.45, 2.75) is 19.4 Å². The molecule has 0 saturated carbocycles. The van der Waals surface area contributed by atoms with Crippen LogP contribution in [-0.2, 0) is 0 Å². The van der Waals surface area contributed by atoms with Gasteiger partial charge in [0, 0.05) is 30.4 Å². The highest BCUT2D eigenvalue weighted by Crippen LogP contribution is 2.25. The van der Waals surface area contributed by atoms with Crippen molar-refractivity contribution in [2.24, 2.45) is 5.73 Å². The monoisotopic (exact) mass is 177 g/mol. The Morgan fingerprint density at radius 1 is 1.62 bits per heavy atom. The van der Waals surface area contributed by atoms with Crippen molar-refractivity contribution < 1.29 is 0 Å². The molecule has 0 amide bonds. The van der Waals surface area contributed by atoms with Crippen LogP contribution in [0.3, 0.4) is 0 Å². The minimum absolute atomic E-state index is 0.0581. The number of rotatable bonds is 1. The van der Waals surface area contributed by atoms with Crippen LogP contribution in [0.25, 0.3) is 0 Å². The third kappa shape index (κ3) is 1.49. The summed E-state index contributed by atoms with van der Waals surface area (Å²) in [5.41, 5.74) is 6.92. The fourth-order valence-electron chi connectivity index (χ4n) is 1.64. The zero-order chi connectivity index (χ0) is 9.47. The Morgan fingerprint density at radius 3 is 2.85 bits per heavy atom. The summed E-state index contributed by atoms with van der Waals surface area (Å²) >= 11 is 0. The van der Waals surface area contributed by atoms with Crippen molar-refractivity contribution in [3.05, 3.63) is 18.1 Å². The summed E-state index contributed by atoms with van der Waals surface area (Å²) in [5, 5.41) is 0. The molecule has 1 aromatic rings. The number of anilines is 1. The summed E-state index contributed by atoms with van der Waals surface area (Å²) in [6.45, 7) is 5.76. The lowest BCUT2D eigenvalue weighted by Gasteiger charge is -2.46. The Morgan fingerprint density at radius 2 is 2.31 bits per heavy atom. The normalized spacial score (nSPS) is 19.8. The predicted molar refractivity (Wildman–Crippen MR) is 50.4 cm³/mol. The maximum atomic E-state index is 5.90. The molecule has 4 heteroatoms. The molecule has 4 nitrogen and oxygen atoms in total. The van der Waals surface area contributed by atoms with Crippen LogP contribution < -0.4 is 10.6 Å². The molecule has 69 valence electrons. The van der Waals surface area contributed by atoms with Gasteiger partial charge in [-0.2, -0.15) is 0 Å². The summed E-state index contributed by atoms with van der Waals surface area (Å²) in [5.74, 6) is 0.956.